The van der Waals surface area contributed by atoms with Gasteiger partial charge in [-0.25, -0.2) is 19.1 Å². The van der Waals surface area contributed by atoms with Crippen molar-refractivity contribution in [2.24, 2.45) is 0 Å². The number of carbonyl (C=O) groups excluding carboxylic acids is 2. The van der Waals surface area contributed by atoms with Crippen LogP contribution in [0.15, 0.2) is 41.7 Å². The quantitative estimate of drug-likeness (QED) is 0.356. The Kier molecular flexibility index (Phi) is 9.31. The van der Waals surface area contributed by atoms with Crippen LogP contribution in [0.1, 0.15) is 25.1 Å². The summed E-state index contributed by atoms with van der Waals surface area (Å²) in [4.78, 5) is 34.7. The number of pyridine rings is 1. The summed E-state index contributed by atoms with van der Waals surface area (Å²) >= 11 is 0. The van der Waals surface area contributed by atoms with Gasteiger partial charge in [-0.3, -0.25) is 9.19 Å². The fourth-order valence-corrected chi connectivity index (χ4v) is 4.56. The van der Waals surface area contributed by atoms with Crippen molar-refractivity contribution >= 4 is 34.0 Å². The molecule has 1 atom stereocenters. The van der Waals surface area contributed by atoms with Gasteiger partial charge in [-0.1, -0.05) is 12.1 Å². The van der Waals surface area contributed by atoms with Crippen LogP contribution in [0.3, 0.4) is 0 Å². The van der Waals surface area contributed by atoms with Crippen LogP contribution in [0.25, 0.3) is 11.0 Å². The number of imidazole rings is 1. The molecule has 206 valence electrons. The first-order valence-corrected chi connectivity index (χ1v) is 12.8. The number of hydrogen-bond donors (Lipinski definition) is 0. The van der Waals surface area contributed by atoms with Crippen molar-refractivity contribution in [3.63, 3.8) is 0 Å². The molecule has 0 saturated heterocycles. The van der Waals surface area contributed by atoms with E-state index in [0.29, 0.717) is 16.6 Å². The molecule has 14 heteroatoms. The Morgan fingerprint density at radius 1 is 1.18 bits per heavy atom. The molecule has 38 heavy (non-hydrogen) atoms. The molecule has 0 aliphatic rings. The first kappa shape index (κ1) is 28.9. The van der Waals surface area contributed by atoms with E-state index in [1.165, 1.54) is 35.7 Å². The van der Waals surface area contributed by atoms with E-state index >= 15 is 0 Å². The minimum absolute atomic E-state index is 0.0177. The van der Waals surface area contributed by atoms with Gasteiger partial charge < -0.3 is 19.1 Å². The third-order valence-electron chi connectivity index (χ3n) is 5.15. The molecule has 10 nitrogen and oxygen atoms in total. The van der Waals surface area contributed by atoms with Gasteiger partial charge in [0.25, 0.3) is 0 Å². The van der Waals surface area contributed by atoms with Crippen molar-refractivity contribution in [2.45, 2.75) is 44.0 Å². The number of aromatic nitrogens is 3. The van der Waals surface area contributed by atoms with E-state index < -0.39 is 35.8 Å². The van der Waals surface area contributed by atoms with E-state index in [0.717, 1.165) is 0 Å². The van der Waals surface area contributed by atoms with Crippen LogP contribution in [-0.2, 0) is 26.0 Å². The van der Waals surface area contributed by atoms with E-state index in [-0.39, 0.29) is 41.6 Å². The minimum atomic E-state index is -4.52. The number of alkyl halides is 3. The summed E-state index contributed by atoms with van der Waals surface area (Å²) in [5, 5.41) is -0.0639. The number of likely N-dealkylation sites (N-methyl/N-ethyl adjacent to an activating group) is 1. The second kappa shape index (κ2) is 12.2. The SMILES string of the molecule is Cc1c(OCC(F)(F)F)ccnc1C[S@@](=O)c1nc2ccccc2n1C(=O)N(C)CCOC(=O)OC(C)C. The first-order chi connectivity index (χ1) is 17.9. The zero-order valence-corrected chi connectivity index (χ0v) is 22.0. The molecule has 3 aromatic rings. The molecule has 1 amide bonds. The average molecular weight is 557 g/mol. The highest BCUT2D eigenvalue weighted by Gasteiger charge is 2.29. The van der Waals surface area contributed by atoms with Crippen LogP contribution in [0.4, 0.5) is 22.8 Å². The Bertz CT molecular complexity index is 1330. The summed E-state index contributed by atoms with van der Waals surface area (Å²) in [5.41, 5.74) is 1.35. The Hall–Kier alpha value is -3.68. The van der Waals surface area contributed by atoms with Crippen molar-refractivity contribution in [1.29, 1.82) is 0 Å². The molecule has 2 heterocycles. The molecule has 0 unspecified atom stereocenters. The van der Waals surface area contributed by atoms with Gasteiger partial charge in [0.05, 0.1) is 45.9 Å². The van der Waals surface area contributed by atoms with E-state index in [4.69, 9.17) is 14.2 Å². The maximum absolute atomic E-state index is 13.4. The lowest BCUT2D eigenvalue weighted by Gasteiger charge is -2.19. The van der Waals surface area contributed by atoms with Gasteiger partial charge in [0.2, 0.25) is 5.16 Å². The van der Waals surface area contributed by atoms with Crippen LogP contribution in [0.2, 0.25) is 0 Å². The molecule has 0 bridgehead atoms. The highest BCUT2D eigenvalue weighted by atomic mass is 32.2. The van der Waals surface area contributed by atoms with Crippen molar-refractivity contribution in [3.05, 3.63) is 47.8 Å². The lowest BCUT2D eigenvalue weighted by Crippen LogP contribution is -2.35. The number of halogens is 3. The molecule has 3 rings (SSSR count). The number of ether oxygens (including phenoxy) is 3. The van der Waals surface area contributed by atoms with Gasteiger partial charge in [-0.2, -0.15) is 13.2 Å². The number of carbonyl (C=O) groups is 2. The predicted molar refractivity (Wildman–Crippen MR) is 131 cm³/mol. The summed E-state index contributed by atoms with van der Waals surface area (Å²) in [7, 11) is -0.436. The zero-order valence-electron chi connectivity index (χ0n) is 21.2. The largest absolute Gasteiger partial charge is 0.508 e. The normalized spacial score (nSPS) is 12.4. The lowest BCUT2D eigenvalue weighted by atomic mass is 10.2. The Morgan fingerprint density at radius 2 is 1.89 bits per heavy atom. The van der Waals surface area contributed by atoms with Gasteiger partial charge in [0, 0.05) is 18.8 Å². The van der Waals surface area contributed by atoms with Crippen molar-refractivity contribution in [2.75, 3.05) is 26.8 Å². The summed E-state index contributed by atoms with van der Waals surface area (Å²) in [6.45, 7) is 3.26. The maximum Gasteiger partial charge on any atom is 0.508 e. The van der Waals surface area contributed by atoms with E-state index in [2.05, 4.69) is 9.97 Å². The molecular weight excluding hydrogens is 529 g/mol. The number of rotatable bonds is 9. The van der Waals surface area contributed by atoms with Gasteiger partial charge >= 0.3 is 18.4 Å². The van der Waals surface area contributed by atoms with Crippen molar-refractivity contribution in [1.82, 2.24) is 19.4 Å². The number of hydrogen-bond acceptors (Lipinski definition) is 8. The molecule has 0 aliphatic heterocycles. The van der Waals surface area contributed by atoms with Crippen LogP contribution < -0.4 is 4.74 Å². The molecule has 0 aliphatic carbocycles. The molecule has 0 radical (unpaired) electrons. The standard InChI is InChI=1S/C24H27F3N4O6S/c1-15(2)37-23(33)35-12-11-30(4)22(32)31-19-8-6-5-7-17(19)29-21(31)38(34)13-18-16(3)20(9-10-28-18)36-14-24(25,26)27/h5-10,15H,11-14H2,1-4H3/t38-/m1/s1. The van der Waals surface area contributed by atoms with Crippen LogP contribution in [0.5, 0.6) is 5.75 Å². The highest BCUT2D eigenvalue weighted by Crippen LogP contribution is 2.26. The molecular formula is C24H27F3N4O6S. The number of amides is 1. The third kappa shape index (κ3) is 7.43. The van der Waals surface area contributed by atoms with Crippen LogP contribution in [-0.4, -0.2) is 74.9 Å². The lowest BCUT2D eigenvalue weighted by molar-refractivity contribution is -0.153. The van der Waals surface area contributed by atoms with Gasteiger partial charge in [-0.15, -0.1) is 0 Å². The Morgan fingerprint density at radius 3 is 2.58 bits per heavy atom. The van der Waals surface area contributed by atoms with E-state index in [9.17, 15) is 27.0 Å². The van der Waals surface area contributed by atoms with Crippen molar-refractivity contribution in [3.8, 4) is 5.75 Å². The number of nitrogens with zero attached hydrogens (tertiary/aromatic N) is 4. The molecule has 1 aromatic carbocycles. The monoisotopic (exact) mass is 556 g/mol. The fraction of sp³-hybridized carbons (Fsp3) is 0.417. The average Bonchev–Trinajstić information content (AvgIpc) is 3.22. The highest BCUT2D eigenvalue weighted by molar-refractivity contribution is 7.84. The summed E-state index contributed by atoms with van der Waals surface area (Å²) in [5.74, 6) is -0.260. The maximum atomic E-state index is 13.4. The van der Waals surface area contributed by atoms with Gasteiger partial charge in [0.15, 0.2) is 6.61 Å². The van der Waals surface area contributed by atoms with Crippen molar-refractivity contribution < 1.29 is 41.2 Å². The topological polar surface area (TPSA) is 113 Å². The molecule has 0 saturated carbocycles. The second-order valence-corrected chi connectivity index (χ2v) is 9.81. The summed E-state index contributed by atoms with van der Waals surface area (Å²) in [6.07, 6.45) is -4.47. The number of para-hydroxylation sites is 2. The molecule has 2 aromatic heterocycles. The minimum Gasteiger partial charge on any atom is -0.484 e. The summed E-state index contributed by atoms with van der Waals surface area (Å²) in [6, 6.07) is 7.41. The number of benzene rings is 1. The molecule has 0 spiro atoms. The molecule has 0 fully saturated rings. The predicted octanol–water partition coefficient (Wildman–Crippen LogP) is 4.45. The third-order valence-corrected chi connectivity index (χ3v) is 6.36. The first-order valence-electron chi connectivity index (χ1n) is 11.5. The molecule has 0 N–H and O–H groups in total. The fourth-order valence-electron chi connectivity index (χ4n) is 3.31. The Labute approximate surface area is 219 Å². The van der Waals surface area contributed by atoms with Gasteiger partial charge in [0.1, 0.15) is 12.4 Å². The van der Waals surface area contributed by atoms with Crippen LogP contribution in [0, 0.1) is 6.92 Å². The number of fused-ring (bicyclic) bond motifs is 1. The van der Waals surface area contributed by atoms with Gasteiger partial charge in [-0.05, 0) is 39.0 Å². The second-order valence-electron chi connectivity index (χ2n) is 8.46. The summed E-state index contributed by atoms with van der Waals surface area (Å²) < 4.78 is 67.1. The van der Waals surface area contributed by atoms with Crippen LogP contribution >= 0.6 is 0 Å². The zero-order chi connectivity index (χ0) is 28.0. The Balaban J connectivity index is 1.82. The van der Waals surface area contributed by atoms with E-state index in [1.807, 2.05) is 0 Å². The smallest absolute Gasteiger partial charge is 0.484 e. The van der Waals surface area contributed by atoms with E-state index in [1.54, 1.807) is 38.1 Å².